The maximum atomic E-state index is 13.1. The number of aromatic nitrogens is 1. The van der Waals surface area contributed by atoms with E-state index in [0.29, 0.717) is 17.3 Å². The molecule has 33 heavy (non-hydrogen) atoms. The van der Waals surface area contributed by atoms with Gasteiger partial charge in [0, 0.05) is 17.4 Å². The highest BCUT2D eigenvalue weighted by Gasteiger charge is 2.38. The number of hydrogen-bond donors (Lipinski definition) is 1. The highest BCUT2D eigenvalue weighted by atomic mass is 35.5. The number of carbonyl (C=O) groups is 4. The molecular weight excluding hydrogens is 448 g/mol. The number of amides is 2. The largest absolute Gasteiger partial charge is 0.465 e. The van der Waals surface area contributed by atoms with Crippen molar-refractivity contribution in [1.82, 2.24) is 9.88 Å². The normalized spacial score (nSPS) is 12.3. The third kappa shape index (κ3) is 6.57. The van der Waals surface area contributed by atoms with Crippen molar-refractivity contribution in [1.29, 1.82) is 0 Å². The van der Waals surface area contributed by atoms with Crippen LogP contribution in [0, 0.1) is 0 Å². The Morgan fingerprint density at radius 2 is 1.76 bits per heavy atom. The Balaban J connectivity index is 2.56. The molecule has 2 aromatic rings. The smallest absolute Gasteiger partial charge is 0.420 e. The second kappa shape index (κ2) is 11.3. The molecule has 2 amide bonds. The van der Waals surface area contributed by atoms with Crippen molar-refractivity contribution in [2.45, 2.75) is 71.8 Å². The van der Waals surface area contributed by atoms with E-state index in [9.17, 15) is 19.2 Å². The third-order valence-electron chi connectivity index (χ3n) is 4.77. The van der Waals surface area contributed by atoms with Crippen LogP contribution in [0.25, 0.3) is 10.9 Å². The number of unbranched alkanes of at least 4 members (excludes halogenated alkanes) is 2. The first-order chi connectivity index (χ1) is 15.5. The van der Waals surface area contributed by atoms with Gasteiger partial charge in [-0.3, -0.25) is 19.7 Å². The van der Waals surface area contributed by atoms with Crippen molar-refractivity contribution in [3.05, 3.63) is 35.0 Å². The van der Waals surface area contributed by atoms with Gasteiger partial charge < -0.3 is 9.47 Å². The van der Waals surface area contributed by atoms with Crippen molar-refractivity contribution >= 4 is 46.4 Å². The lowest BCUT2D eigenvalue weighted by Crippen LogP contribution is -2.38. The summed E-state index contributed by atoms with van der Waals surface area (Å²) >= 11 is 6.59. The molecule has 0 aliphatic rings. The number of imide groups is 1. The number of carbonyl (C=O) groups excluding carboxylic acids is 4. The van der Waals surface area contributed by atoms with Gasteiger partial charge in [0.1, 0.15) is 10.8 Å². The molecular formula is C24H31ClN2O6. The van der Waals surface area contributed by atoms with Crippen LogP contribution in [0.2, 0.25) is 5.15 Å². The zero-order valence-corrected chi connectivity index (χ0v) is 20.5. The number of nitrogens with zero attached hydrogens (tertiary/aromatic N) is 1. The van der Waals surface area contributed by atoms with E-state index < -0.39 is 35.4 Å². The van der Waals surface area contributed by atoms with Gasteiger partial charge >= 0.3 is 12.1 Å². The number of para-hydroxylation sites is 1. The van der Waals surface area contributed by atoms with Crippen LogP contribution in [-0.2, 0) is 23.9 Å². The van der Waals surface area contributed by atoms with E-state index >= 15 is 0 Å². The molecule has 2 rings (SSSR count). The predicted molar refractivity (Wildman–Crippen MR) is 125 cm³/mol. The molecule has 1 heterocycles. The summed E-state index contributed by atoms with van der Waals surface area (Å²) in [6, 6.07) is 6.66. The molecule has 0 aliphatic carbocycles. The maximum Gasteiger partial charge on any atom is 0.420 e. The first kappa shape index (κ1) is 26.4. The third-order valence-corrected chi connectivity index (χ3v) is 5.15. The Hall–Kier alpha value is -2.87. The number of halogens is 1. The van der Waals surface area contributed by atoms with E-state index in [-0.39, 0.29) is 23.7 Å². The molecule has 180 valence electrons. The number of hydrogen-bond acceptors (Lipinski definition) is 6. The molecule has 0 saturated carbocycles. The van der Waals surface area contributed by atoms with Gasteiger partial charge in [-0.05, 0) is 40.2 Å². The quantitative estimate of drug-likeness (QED) is 0.327. The topological polar surface area (TPSA) is 104 Å². The van der Waals surface area contributed by atoms with E-state index in [1.54, 1.807) is 52.0 Å². The fourth-order valence-corrected chi connectivity index (χ4v) is 3.75. The lowest BCUT2D eigenvalue weighted by molar-refractivity contribution is -0.148. The van der Waals surface area contributed by atoms with Crippen molar-refractivity contribution in [3.8, 4) is 0 Å². The molecule has 0 saturated heterocycles. The van der Waals surface area contributed by atoms with Crippen LogP contribution in [0.5, 0.6) is 0 Å². The van der Waals surface area contributed by atoms with Gasteiger partial charge in [0.2, 0.25) is 11.8 Å². The maximum absolute atomic E-state index is 13.1. The number of esters is 1. The van der Waals surface area contributed by atoms with Crippen LogP contribution in [0.4, 0.5) is 4.79 Å². The number of fused-ring (bicyclic) bond motifs is 1. The molecule has 9 heteroatoms. The molecule has 8 nitrogen and oxygen atoms in total. The SMILES string of the molecule is CCCCCC(=O)NC(=O)C(C(=O)OCC)c1c(Cl)n(C(=O)OC(C)(C)C)c2ccccc12. The monoisotopic (exact) mass is 478 g/mol. The van der Waals surface area contributed by atoms with Crippen LogP contribution in [0.15, 0.2) is 24.3 Å². The Labute approximate surface area is 198 Å². The minimum Gasteiger partial charge on any atom is -0.465 e. The average molecular weight is 479 g/mol. The van der Waals surface area contributed by atoms with Crippen LogP contribution < -0.4 is 5.32 Å². The molecule has 0 spiro atoms. The Morgan fingerprint density at radius 1 is 1.09 bits per heavy atom. The minimum absolute atomic E-state index is 0.0232. The van der Waals surface area contributed by atoms with Gasteiger partial charge in [0.25, 0.3) is 0 Å². The molecule has 0 radical (unpaired) electrons. The van der Waals surface area contributed by atoms with Gasteiger partial charge in [-0.25, -0.2) is 9.36 Å². The molecule has 0 aliphatic heterocycles. The van der Waals surface area contributed by atoms with Crippen LogP contribution in [0.1, 0.15) is 71.8 Å². The summed E-state index contributed by atoms with van der Waals surface area (Å²) < 4.78 is 11.7. The highest BCUT2D eigenvalue weighted by molar-refractivity contribution is 6.34. The molecule has 1 unspecified atom stereocenters. The summed E-state index contributed by atoms with van der Waals surface area (Å²) in [5.74, 6) is -3.76. The van der Waals surface area contributed by atoms with Gasteiger partial charge in [0.15, 0.2) is 5.92 Å². The minimum atomic E-state index is -1.54. The number of ether oxygens (including phenoxy) is 2. The molecule has 1 atom stereocenters. The lowest BCUT2D eigenvalue weighted by Gasteiger charge is -2.20. The van der Waals surface area contributed by atoms with Crippen molar-refractivity contribution < 1.29 is 28.7 Å². The van der Waals surface area contributed by atoms with E-state index in [0.717, 1.165) is 17.4 Å². The molecule has 0 fully saturated rings. The predicted octanol–water partition coefficient (Wildman–Crippen LogP) is 4.95. The molecule has 0 bridgehead atoms. The summed E-state index contributed by atoms with van der Waals surface area (Å²) in [5.41, 5.74) is -0.354. The van der Waals surface area contributed by atoms with E-state index in [1.807, 2.05) is 6.92 Å². The van der Waals surface area contributed by atoms with Gasteiger partial charge in [0.05, 0.1) is 12.1 Å². The van der Waals surface area contributed by atoms with Gasteiger partial charge in [-0.2, -0.15) is 0 Å². The Morgan fingerprint density at radius 3 is 2.36 bits per heavy atom. The number of benzene rings is 1. The summed E-state index contributed by atoms with van der Waals surface area (Å²) in [4.78, 5) is 51.1. The highest BCUT2D eigenvalue weighted by Crippen LogP contribution is 2.37. The number of nitrogens with one attached hydrogen (secondary N) is 1. The second-order valence-electron chi connectivity index (χ2n) is 8.59. The second-order valence-corrected chi connectivity index (χ2v) is 8.95. The van der Waals surface area contributed by atoms with Crippen LogP contribution >= 0.6 is 11.6 Å². The fraction of sp³-hybridized carbons (Fsp3) is 0.500. The van der Waals surface area contributed by atoms with Gasteiger partial charge in [-0.15, -0.1) is 0 Å². The summed E-state index contributed by atoms with van der Waals surface area (Å²) in [6.07, 6.45) is 1.79. The van der Waals surface area contributed by atoms with E-state index in [1.165, 1.54) is 0 Å². The molecule has 1 N–H and O–H groups in total. The van der Waals surface area contributed by atoms with Crippen molar-refractivity contribution in [2.24, 2.45) is 0 Å². The van der Waals surface area contributed by atoms with E-state index in [4.69, 9.17) is 21.1 Å². The molecule has 1 aromatic heterocycles. The summed E-state index contributed by atoms with van der Waals surface area (Å²) in [7, 11) is 0. The standard InChI is InChI=1S/C24H31ClN2O6/c1-6-8-9-14-17(28)26-21(29)19(22(30)32-7-2)18-15-12-10-11-13-16(15)27(20(18)25)23(31)33-24(3,4)5/h10-13,19H,6-9,14H2,1-5H3,(H,26,28,29). The summed E-state index contributed by atoms with van der Waals surface area (Å²) in [5, 5.41) is 2.53. The zero-order valence-electron chi connectivity index (χ0n) is 19.7. The first-order valence-corrected chi connectivity index (χ1v) is 11.4. The lowest BCUT2D eigenvalue weighted by atomic mass is 9.97. The van der Waals surface area contributed by atoms with E-state index in [2.05, 4.69) is 5.32 Å². The number of rotatable bonds is 8. The van der Waals surface area contributed by atoms with Crippen molar-refractivity contribution in [2.75, 3.05) is 6.61 Å². The Bertz CT molecular complexity index is 1040. The summed E-state index contributed by atoms with van der Waals surface area (Å²) in [6.45, 7) is 8.77. The van der Waals surface area contributed by atoms with Crippen LogP contribution in [0.3, 0.4) is 0 Å². The zero-order chi connectivity index (χ0) is 24.8. The molecule has 1 aromatic carbocycles. The first-order valence-electron chi connectivity index (χ1n) is 11.0. The Kier molecular flexibility index (Phi) is 9.05. The average Bonchev–Trinajstić information content (AvgIpc) is 2.99. The van der Waals surface area contributed by atoms with Crippen LogP contribution in [-0.4, -0.2) is 40.7 Å². The fourth-order valence-electron chi connectivity index (χ4n) is 3.38. The van der Waals surface area contributed by atoms with Crippen molar-refractivity contribution in [3.63, 3.8) is 0 Å². The van der Waals surface area contributed by atoms with Gasteiger partial charge in [-0.1, -0.05) is 49.6 Å².